The Kier molecular flexibility index (Phi) is 14.0. The standard InChI is InChI=1S/C25H43NO18.H3P/c1-6-11(26-8-2-7(3-27)12(30)15(33)13(8)31)14(32)19(37)24(40-6)43-22-10(5-29)42-25(20(38)17(22)35)44-21-9(4-28)41-23(39)18(36)16(21)34;/h2,6,8-39H,3-5H2,1H3;1H3/t6-,8+,9-,10-,11-,12-,13+,14+,15+,16-,17-,18-,19-,20-,21-,22-,23-,24-,25-;/m1./s1. The first-order chi connectivity index (χ1) is 20.7. The first-order valence-corrected chi connectivity index (χ1v) is 14.1. The minimum absolute atomic E-state index is 0. The normalized spacial score (nSPS) is 50.9. The Morgan fingerprint density at radius 2 is 1.16 bits per heavy atom. The molecule has 20 atom stereocenters. The second-order valence-electron chi connectivity index (χ2n) is 11.4. The summed E-state index contributed by atoms with van der Waals surface area (Å²) < 4.78 is 27.4. The fourth-order valence-electron chi connectivity index (χ4n) is 5.81. The molecule has 0 radical (unpaired) electrons. The predicted octanol–water partition coefficient (Wildman–Crippen LogP) is -8.51. The summed E-state index contributed by atoms with van der Waals surface area (Å²) in [6.07, 6.45) is -26.6. The minimum Gasteiger partial charge on any atom is -0.394 e. The Labute approximate surface area is 260 Å². The van der Waals surface area contributed by atoms with Crippen molar-refractivity contribution in [3.05, 3.63) is 11.6 Å². The predicted molar refractivity (Wildman–Crippen MR) is 149 cm³/mol. The topological polar surface area (TPSA) is 321 Å². The van der Waals surface area contributed by atoms with Crippen molar-refractivity contribution < 1.29 is 90.1 Å². The van der Waals surface area contributed by atoms with Gasteiger partial charge in [0.15, 0.2) is 18.9 Å². The number of nitrogens with one attached hydrogen (secondary N) is 1. The van der Waals surface area contributed by atoms with Crippen LogP contribution in [0.1, 0.15) is 6.92 Å². The number of ether oxygens (including phenoxy) is 5. The van der Waals surface area contributed by atoms with E-state index < -0.39 is 136 Å². The zero-order valence-electron chi connectivity index (χ0n) is 24.2. The molecule has 14 N–H and O–H groups in total. The van der Waals surface area contributed by atoms with Crippen molar-refractivity contribution in [2.45, 2.75) is 123 Å². The number of hydrogen-bond donors (Lipinski definition) is 14. The highest BCUT2D eigenvalue weighted by atomic mass is 31.0. The molecule has 1 unspecified atom stereocenters. The van der Waals surface area contributed by atoms with E-state index in [4.69, 9.17) is 23.7 Å². The maximum absolute atomic E-state index is 10.9. The molecule has 0 amide bonds. The molecule has 0 spiro atoms. The Balaban J connectivity index is 0.00000552. The highest BCUT2D eigenvalue weighted by Crippen LogP contribution is 2.32. The van der Waals surface area contributed by atoms with E-state index in [2.05, 4.69) is 5.32 Å². The van der Waals surface area contributed by atoms with E-state index >= 15 is 0 Å². The van der Waals surface area contributed by atoms with Crippen LogP contribution in [0, 0.1) is 0 Å². The lowest BCUT2D eigenvalue weighted by Crippen LogP contribution is -2.68. The van der Waals surface area contributed by atoms with Crippen LogP contribution < -0.4 is 5.32 Å². The zero-order valence-corrected chi connectivity index (χ0v) is 25.6. The molecule has 0 bridgehead atoms. The molecule has 3 fully saturated rings. The van der Waals surface area contributed by atoms with E-state index in [9.17, 15) is 66.4 Å². The third-order valence-electron chi connectivity index (χ3n) is 8.48. The van der Waals surface area contributed by atoms with E-state index in [1.165, 1.54) is 13.0 Å². The molecule has 19 nitrogen and oxygen atoms in total. The Morgan fingerprint density at radius 3 is 1.71 bits per heavy atom. The van der Waals surface area contributed by atoms with Crippen LogP contribution in [0.3, 0.4) is 0 Å². The SMILES string of the molecule is C[C@H]1O[C@H](O[C@H]2[C@H](O)[C@@H](O)[C@@H](O[C@H]3[C@H](O)[C@@H](O)[C@H](O)O[C@@H]3CO)O[C@@H]2CO)[C@H](O)[C@@H](O)[C@@H]1N[C@H]1C=C(CO)[C@@H](O)[C@H](O)[C@H]1O.P. The summed E-state index contributed by atoms with van der Waals surface area (Å²) in [5.41, 5.74) is 0.0225. The molecule has 1 aliphatic carbocycles. The summed E-state index contributed by atoms with van der Waals surface area (Å²) in [5.74, 6) is 0. The molecule has 0 aromatic heterocycles. The molecule has 3 aliphatic heterocycles. The maximum atomic E-state index is 10.9. The van der Waals surface area contributed by atoms with Gasteiger partial charge < -0.3 is 95.4 Å². The van der Waals surface area contributed by atoms with Crippen molar-refractivity contribution in [1.82, 2.24) is 5.32 Å². The van der Waals surface area contributed by atoms with Crippen molar-refractivity contribution in [3.8, 4) is 0 Å². The fourth-order valence-corrected chi connectivity index (χ4v) is 5.81. The van der Waals surface area contributed by atoms with Gasteiger partial charge in [-0.05, 0) is 12.5 Å². The Bertz CT molecular complexity index is 965. The first kappa shape index (κ1) is 38.9. The largest absolute Gasteiger partial charge is 0.394 e. The molecule has 3 heterocycles. The molecule has 45 heavy (non-hydrogen) atoms. The molecular weight excluding hydrogens is 633 g/mol. The van der Waals surface area contributed by atoms with Crippen LogP contribution in [0.4, 0.5) is 0 Å². The minimum atomic E-state index is -1.93. The van der Waals surface area contributed by atoms with Crippen molar-refractivity contribution in [3.63, 3.8) is 0 Å². The monoisotopic (exact) mass is 679 g/mol. The van der Waals surface area contributed by atoms with E-state index in [0.717, 1.165) is 0 Å². The average Bonchev–Trinajstić information content (AvgIpc) is 3.00. The van der Waals surface area contributed by atoms with Gasteiger partial charge in [-0.25, -0.2) is 0 Å². The first-order valence-electron chi connectivity index (χ1n) is 14.1. The van der Waals surface area contributed by atoms with Crippen LogP contribution in [0.5, 0.6) is 0 Å². The Morgan fingerprint density at radius 1 is 0.644 bits per heavy atom. The van der Waals surface area contributed by atoms with Crippen LogP contribution in [-0.2, 0) is 23.7 Å². The number of aliphatic hydroxyl groups excluding tert-OH is 13. The van der Waals surface area contributed by atoms with E-state index in [-0.39, 0.29) is 15.5 Å². The summed E-state index contributed by atoms with van der Waals surface area (Å²) >= 11 is 0. The second-order valence-corrected chi connectivity index (χ2v) is 11.4. The van der Waals surface area contributed by atoms with E-state index in [1.807, 2.05) is 0 Å². The molecule has 4 aliphatic rings. The lowest BCUT2D eigenvalue weighted by molar-refractivity contribution is -0.373. The second kappa shape index (κ2) is 16.2. The highest BCUT2D eigenvalue weighted by molar-refractivity contribution is 6.92. The summed E-state index contributed by atoms with van der Waals surface area (Å²) in [5, 5.41) is 136. The van der Waals surface area contributed by atoms with Gasteiger partial charge >= 0.3 is 0 Å². The van der Waals surface area contributed by atoms with Gasteiger partial charge in [-0.2, -0.15) is 9.90 Å². The molecular formula is C25H46NO18P. The fraction of sp³-hybridized carbons (Fsp3) is 0.920. The van der Waals surface area contributed by atoms with Crippen LogP contribution in [0.2, 0.25) is 0 Å². The van der Waals surface area contributed by atoms with Gasteiger partial charge in [0.25, 0.3) is 0 Å². The van der Waals surface area contributed by atoms with Gasteiger partial charge in [-0.1, -0.05) is 6.08 Å². The van der Waals surface area contributed by atoms with Gasteiger partial charge in [0.1, 0.15) is 79.4 Å². The summed E-state index contributed by atoms with van der Waals surface area (Å²) in [4.78, 5) is 0. The number of rotatable bonds is 9. The number of aliphatic hydroxyl groups is 13. The lowest BCUT2D eigenvalue weighted by atomic mass is 9.86. The van der Waals surface area contributed by atoms with Gasteiger partial charge in [-0.15, -0.1) is 0 Å². The van der Waals surface area contributed by atoms with Gasteiger partial charge in [0.05, 0.1) is 38.0 Å². The molecule has 264 valence electrons. The van der Waals surface area contributed by atoms with Gasteiger partial charge in [0, 0.05) is 0 Å². The zero-order chi connectivity index (χ0) is 32.6. The number of hydrogen-bond acceptors (Lipinski definition) is 19. The molecule has 20 heteroatoms. The van der Waals surface area contributed by atoms with Crippen molar-refractivity contribution in [2.24, 2.45) is 0 Å². The van der Waals surface area contributed by atoms with Crippen LogP contribution in [0.15, 0.2) is 11.6 Å². The van der Waals surface area contributed by atoms with Crippen LogP contribution >= 0.6 is 9.90 Å². The third-order valence-corrected chi connectivity index (χ3v) is 8.48. The molecule has 0 aromatic carbocycles. The van der Waals surface area contributed by atoms with Crippen LogP contribution in [-0.4, -0.2) is 203 Å². The molecule has 4 rings (SSSR count). The summed E-state index contributed by atoms with van der Waals surface area (Å²) in [7, 11) is 0. The van der Waals surface area contributed by atoms with Crippen molar-refractivity contribution in [2.75, 3.05) is 19.8 Å². The quantitative estimate of drug-likeness (QED) is 0.0794. The van der Waals surface area contributed by atoms with E-state index in [0.29, 0.717) is 0 Å². The van der Waals surface area contributed by atoms with Gasteiger partial charge in [0.2, 0.25) is 0 Å². The maximum Gasteiger partial charge on any atom is 0.187 e. The Hall–Kier alpha value is -0.590. The average molecular weight is 680 g/mol. The molecule has 0 saturated carbocycles. The smallest absolute Gasteiger partial charge is 0.187 e. The molecule has 0 aromatic rings. The highest BCUT2D eigenvalue weighted by Gasteiger charge is 2.53. The van der Waals surface area contributed by atoms with Gasteiger partial charge in [-0.3, -0.25) is 0 Å². The van der Waals surface area contributed by atoms with Crippen LogP contribution in [0.25, 0.3) is 0 Å². The third kappa shape index (κ3) is 7.85. The van der Waals surface area contributed by atoms with Crippen molar-refractivity contribution >= 4 is 9.90 Å². The summed E-state index contributed by atoms with van der Waals surface area (Å²) in [6, 6.07) is -2.17. The van der Waals surface area contributed by atoms with Crippen molar-refractivity contribution in [1.29, 1.82) is 0 Å². The van der Waals surface area contributed by atoms with E-state index in [1.54, 1.807) is 0 Å². The lowest BCUT2D eigenvalue weighted by Gasteiger charge is -2.48. The summed E-state index contributed by atoms with van der Waals surface area (Å²) in [6.45, 7) is -0.753. The molecule has 3 saturated heterocycles.